The first-order chi connectivity index (χ1) is 25.0. The van der Waals surface area contributed by atoms with Crippen molar-refractivity contribution in [1.29, 1.82) is 0 Å². The zero-order chi connectivity index (χ0) is 34.1. The van der Waals surface area contributed by atoms with Gasteiger partial charge >= 0.3 is 0 Å². The molecule has 0 radical (unpaired) electrons. The van der Waals surface area contributed by atoms with E-state index in [2.05, 4.69) is 189 Å². The fourth-order valence-electron chi connectivity index (χ4n) is 8.22. The summed E-state index contributed by atoms with van der Waals surface area (Å²) in [6, 6.07) is 63.7. The van der Waals surface area contributed by atoms with Crippen LogP contribution in [0.4, 0.5) is 17.1 Å². The normalized spacial score (nSPS) is 13.1. The predicted molar refractivity (Wildman–Crippen MR) is 214 cm³/mol. The summed E-state index contributed by atoms with van der Waals surface area (Å²) in [5.74, 6) is 0. The van der Waals surface area contributed by atoms with Gasteiger partial charge in [0.15, 0.2) is 0 Å². The smallest absolute Gasteiger partial charge is 0.143 e. The van der Waals surface area contributed by atoms with Crippen molar-refractivity contribution in [1.82, 2.24) is 0 Å². The van der Waals surface area contributed by atoms with Crippen LogP contribution in [0.3, 0.4) is 0 Å². The fourth-order valence-corrected chi connectivity index (χ4v) is 8.22. The first-order valence-corrected chi connectivity index (χ1v) is 17.7. The van der Waals surface area contributed by atoms with Crippen LogP contribution in [0.5, 0.6) is 0 Å². The number of furan rings is 1. The van der Waals surface area contributed by atoms with Gasteiger partial charge in [0.25, 0.3) is 0 Å². The molecule has 9 aromatic rings. The Kier molecular flexibility index (Phi) is 6.56. The summed E-state index contributed by atoms with van der Waals surface area (Å²) >= 11 is 0. The van der Waals surface area contributed by atoms with Crippen LogP contribution in [0.1, 0.15) is 25.0 Å². The number of benzene rings is 8. The Morgan fingerprint density at radius 3 is 1.96 bits per heavy atom. The molecule has 0 N–H and O–H groups in total. The Hall–Kier alpha value is -6.38. The number of hydrogen-bond acceptors (Lipinski definition) is 2. The lowest BCUT2D eigenvalue weighted by Gasteiger charge is -2.29. The summed E-state index contributed by atoms with van der Waals surface area (Å²) in [7, 11) is 0. The second kappa shape index (κ2) is 11.3. The molecule has 0 fully saturated rings. The van der Waals surface area contributed by atoms with Gasteiger partial charge in [-0.25, -0.2) is 0 Å². The van der Waals surface area contributed by atoms with Gasteiger partial charge in [0.05, 0.1) is 0 Å². The maximum atomic E-state index is 6.58. The minimum Gasteiger partial charge on any atom is -0.455 e. The molecule has 0 atom stereocenters. The predicted octanol–water partition coefficient (Wildman–Crippen LogP) is 13.8. The third kappa shape index (κ3) is 4.71. The molecule has 242 valence electrons. The Labute approximate surface area is 297 Å². The fraction of sp³-hybridized carbons (Fsp3) is 0.0612. The van der Waals surface area contributed by atoms with Crippen molar-refractivity contribution in [2.24, 2.45) is 0 Å². The summed E-state index contributed by atoms with van der Waals surface area (Å²) in [5, 5.41) is 4.72. The average Bonchev–Trinajstić information content (AvgIpc) is 3.67. The van der Waals surface area contributed by atoms with E-state index in [0.717, 1.165) is 50.1 Å². The third-order valence-electron chi connectivity index (χ3n) is 10.8. The molecule has 10 rings (SSSR count). The summed E-state index contributed by atoms with van der Waals surface area (Å²) in [6.07, 6.45) is 0. The minimum atomic E-state index is -0.118. The maximum absolute atomic E-state index is 6.58. The van der Waals surface area contributed by atoms with Gasteiger partial charge in [-0.15, -0.1) is 0 Å². The number of anilines is 3. The molecule has 1 aromatic heterocycles. The van der Waals surface area contributed by atoms with Gasteiger partial charge in [0, 0.05) is 38.8 Å². The Morgan fingerprint density at radius 1 is 0.412 bits per heavy atom. The lowest BCUT2D eigenvalue weighted by atomic mass is 9.82. The number of rotatable bonds is 5. The zero-order valence-corrected chi connectivity index (χ0v) is 28.6. The van der Waals surface area contributed by atoms with Gasteiger partial charge in [-0.05, 0) is 98.2 Å². The number of para-hydroxylation sites is 1. The van der Waals surface area contributed by atoms with E-state index in [4.69, 9.17) is 4.42 Å². The Balaban J connectivity index is 1.19. The van der Waals surface area contributed by atoms with E-state index < -0.39 is 0 Å². The highest BCUT2D eigenvalue weighted by Crippen LogP contribution is 2.51. The lowest BCUT2D eigenvalue weighted by Crippen LogP contribution is -2.16. The quantitative estimate of drug-likeness (QED) is 0.184. The standard InChI is InChI=1S/C49H35NO/c1-49(2)45-18-10-8-16-40(45)41-27-26-38(31-46(41)49)50(37-24-22-33(23-25-37)36-21-20-32-12-6-7-15-35(32)28-36)39-29-43(34-13-4-3-5-14-34)48-44(30-39)42-17-9-11-19-47(42)51-48/h3-31H,1-2H3. The summed E-state index contributed by atoms with van der Waals surface area (Å²) in [6.45, 7) is 4.70. The second-order valence-corrected chi connectivity index (χ2v) is 14.2. The monoisotopic (exact) mass is 653 g/mol. The Bertz CT molecular complexity index is 2770. The van der Waals surface area contributed by atoms with Crippen LogP contribution in [0.2, 0.25) is 0 Å². The molecule has 0 bridgehead atoms. The lowest BCUT2D eigenvalue weighted by molar-refractivity contribution is 0.660. The zero-order valence-electron chi connectivity index (χ0n) is 28.6. The summed E-state index contributed by atoms with van der Waals surface area (Å²) in [5.41, 5.74) is 14.9. The van der Waals surface area contributed by atoms with E-state index >= 15 is 0 Å². The first-order valence-electron chi connectivity index (χ1n) is 17.7. The van der Waals surface area contributed by atoms with Gasteiger partial charge in [0.1, 0.15) is 11.2 Å². The molecule has 2 heteroatoms. The molecule has 0 saturated heterocycles. The Morgan fingerprint density at radius 2 is 1.10 bits per heavy atom. The highest BCUT2D eigenvalue weighted by molar-refractivity contribution is 6.11. The molecule has 2 nitrogen and oxygen atoms in total. The number of nitrogens with zero attached hydrogens (tertiary/aromatic N) is 1. The van der Waals surface area contributed by atoms with E-state index in [1.165, 1.54) is 44.2 Å². The first kappa shape index (κ1) is 29.5. The van der Waals surface area contributed by atoms with E-state index in [9.17, 15) is 0 Å². The molecule has 0 saturated carbocycles. The third-order valence-corrected chi connectivity index (χ3v) is 10.8. The van der Waals surface area contributed by atoms with Crippen molar-refractivity contribution >= 4 is 49.8 Å². The molecule has 1 heterocycles. The van der Waals surface area contributed by atoms with Crippen LogP contribution in [0, 0.1) is 0 Å². The molecule has 1 aliphatic carbocycles. The molecular weight excluding hydrogens is 619 g/mol. The van der Waals surface area contributed by atoms with Gasteiger partial charge < -0.3 is 9.32 Å². The van der Waals surface area contributed by atoms with Crippen LogP contribution in [0.15, 0.2) is 180 Å². The number of fused-ring (bicyclic) bond motifs is 7. The molecule has 0 aliphatic heterocycles. The van der Waals surface area contributed by atoms with Crippen molar-refractivity contribution in [3.05, 3.63) is 187 Å². The largest absolute Gasteiger partial charge is 0.455 e. The van der Waals surface area contributed by atoms with Gasteiger partial charge in [-0.2, -0.15) is 0 Å². The maximum Gasteiger partial charge on any atom is 0.143 e. The van der Waals surface area contributed by atoms with Crippen molar-refractivity contribution in [2.75, 3.05) is 4.90 Å². The SMILES string of the molecule is CC1(C)c2ccccc2-c2ccc(N(c3ccc(-c4ccc5ccccc5c4)cc3)c3cc(-c4ccccc4)c4oc5ccccc5c4c3)cc21. The highest BCUT2D eigenvalue weighted by Gasteiger charge is 2.35. The van der Waals surface area contributed by atoms with Crippen LogP contribution < -0.4 is 4.90 Å². The second-order valence-electron chi connectivity index (χ2n) is 14.2. The minimum absolute atomic E-state index is 0.118. The van der Waals surface area contributed by atoms with Crippen molar-refractivity contribution in [2.45, 2.75) is 19.3 Å². The van der Waals surface area contributed by atoms with E-state index in [0.29, 0.717) is 0 Å². The molecule has 0 unspecified atom stereocenters. The summed E-state index contributed by atoms with van der Waals surface area (Å²) < 4.78 is 6.58. The summed E-state index contributed by atoms with van der Waals surface area (Å²) in [4.78, 5) is 2.41. The average molecular weight is 654 g/mol. The van der Waals surface area contributed by atoms with E-state index in [1.807, 2.05) is 6.07 Å². The van der Waals surface area contributed by atoms with Crippen LogP contribution in [-0.4, -0.2) is 0 Å². The molecule has 0 spiro atoms. The van der Waals surface area contributed by atoms with Crippen molar-refractivity contribution in [3.8, 4) is 33.4 Å². The van der Waals surface area contributed by atoms with Crippen molar-refractivity contribution < 1.29 is 4.42 Å². The van der Waals surface area contributed by atoms with Crippen molar-refractivity contribution in [3.63, 3.8) is 0 Å². The van der Waals surface area contributed by atoms with Crippen LogP contribution >= 0.6 is 0 Å². The van der Waals surface area contributed by atoms with Crippen LogP contribution in [-0.2, 0) is 5.41 Å². The molecular formula is C49H35NO. The molecule has 8 aromatic carbocycles. The highest BCUT2D eigenvalue weighted by atomic mass is 16.3. The van der Waals surface area contributed by atoms with Gasteiger partial charge in [0.2, 0.25) is 0 Å². The van der Waals surface area contributed by atoms with Gasteiger partial charge in [-0.1, -0.05) is 141 Å². The molecule has 1 aliphatic rings. The molecule has 51 heavy (non-hydrogen) atoms. The molecule has 0 amide bonds. The van der Waals surface area contributed by atoms with Crippen LogP contribution in [0.25, 0.3) is 66.1 Å². The van der Waals surface area contributed by atoms with E-state index in [1.54, 1.807) is 0 Å². The topological polar surface area (TPSA) is 16.4 Å². The number of hydrogen-bond donors (Lipinski definition) is 0. The van der Waals surface area contributed by atoms with E-state index in [-0.39, 0.29) is 5.41 Å². The van der Waals surface area contributed by atoms with Gasteiger partial charge in [-0.3, -0.25) is 0 Å².